The van der Waals surface area contributed by atoms with Crippen LogP contribution in [-0.2, 0) is 12.7 Å². The molecule has 1 aliphatic rings. The smallest absolute Gasteiger partial charge is 0.396 e. The van der Waals surface area contributed by atoms with Crippen LogP contribution in [0.25, 0.3) is 5.70 Å². The molecule has 0 bridgehead atoms. The standard InChI is InChI=1S/C16H15Cl2F3N6O/c17-9-1-2-10(18)8(5-9)7-27-4-3-24-13(23)12(27)6-11(22)14-25-15(28-26-14)16(19,20)21/h1-2,5-6,24H,3-4,7,22-23H2/b11-6-. The number of nitrogens with two attached hydrogens (primary N) is 2. The lowest BCUT2D eigenvalue weighted by molar-refractivity contribution is -0.159. The van der Waals surface area contributed by atoms with Crippen molar-refractivity contribution < 1.29 is 17.7 Å². The topological polar surface area (TPSA) is 106 Å². The Morgan fingerprint density at radius 1 is 1.36 bits per heavy atom. The molecule has 1 aromatic heterocycles. The molecule has 12 heteroatoms. The lowest BCUT2D eigenvalue weighted by atomic mass is 10.1. The summed E-state index contributed by atoms with van der Waals surface area (Å²) in [6.45, 7) is 1.46. The van der Waals surface area contributed by atoms with E-state index in [1.54, 1.807) is 18.2 Å². The molecule has 7 nitrogen and oxygen atoms in total. The molecule has 0 aliphatic carbocycles. The highest BCUT2D eigenvalue weighted by molar-refractivity contribution is 6.33. The SMILES string of the molecule is NC1=C(/C=C(\N)c2noc(C(F)(F)F)n2)N(Cc2cc(Cl)ccc2Cl)CCN1. The Morgan fingerprint density at radius 2 is 2.11 bits per heavy atom. The molecule has 0 saturated heterocycles. The zero-order valence-corrected chi connectivity index (χ0v) is 15.7. The van der Waals surface area contributed by atoms with Gasteiger partial charge in [-0.3, -0.25) is 0 Å². The maximum absolute atomic E-state index is 12.6. The summed E-state index contributed by atoms with van der Waals surface area (Å²) in [7, 11) is 0. The molecule has 2 heterocycles. The molecular formula is C16H15Cl2F3N6O. The monoisotopic (exact) mass is 434 g/mol. The summed E-state index contributed by atoms with van der Waals surface area (Å²) in [5.41, 5.74) is 13.0. The van der Waals surface area contributed by atoms with E-state index in [1.807, 2.05) is 4.90 Å². The van der Waals surface area contributed by atoms with Crippen molar-refractivity contribution in [2.24, 2.45) is 11.5 Å². The van der Waals surface area contributed by atoms with Gasteiger partial charge in [0.1, 0.15) is 5.82 Å². The third kappa shape index (κ3) is 4.45. The first kappa shape index (κ1) is 20.2. The number of aromatic nitrogens is 2. The number of hydrogen-bond donors (Lipinski definition) is 3. The number of hydrogen-bond acceptors (Lipinski definition) is 7. The molecule has 28 heavy (non-hydrogen) atoms. The van der Waals surface area contributed by atoms with E-state index in [0.29, 0.717) is 41.2 Å². The van der Waals surface area contributed by atoms with Crippen LogP contribution < -0.4 is 16.8 Å². The van der Waals surface area contributed by atoms with Gasteiger partial charge in [-0.25, -0.2) is 0 Å². The Kier molecular flexibility index (Phi) is 5.61. The second kappa shape index (κ2) is 7.80. The van der Waals surface area contributed by atoms with E-state index in [0.717, 1.165) is 5.56 Å². The highest BCUT2D eigenvalue weighted by Crippen LogP contribution is 2.29. The van der Waals surface area contributed by atoms with Crippen molar-refractivity contribution in [1.82, 2.24) is 20.4 Å². The predicted molar refractivity (Wildman–Crippen MR) is 97.6 cm³/mol. The lowest BCUT2D eigenvalue weighted by Crippen LogP contribution is -2.41. The highest BCUT2D eigenvalue weighted by atomic mass is 35.5. The first-order valence-corrected chi connectivity index (χ1v) is 8.71. The number of allylic oxidation sites excluding steroid dienone is 1. The van der Waals surface area contributed by atoms with Gasteiger partial charge in [0.25, 0.3) is 0 Å². The zero-order valence-electron chi connectivity index (χ0n) is 14.2. The number of rotatable bonds is 4. The third-order valence-corrected chi connectivity index (χ3v) is 4.51. The second-order valence-electron chi connectivity index (χ2n) is 5.90. The number of nitrogens with zero attached hydrogens (tertiary/aromatic N) is 3. The van der Waals surface area contributed by atoms with E-state index in [1.165, 1.54) is 6.08 Å². The summed E-state index contributed by atoms with van der Waals surface area (Å²) in [6, 6.07) is 5.07. The average molecular weight is 435 g/mol. The van der Waals surface area contributed by atoms with E-state index in [2.05, 4.69) is 20.0 Å². The van der Waals surface area contributed by atoms with Gasteiger partial charge in [-0.05, 0) is 29.8 Å². The van der Waals surface area contributed by atoms with Crippen LogP contribution in [0.3, 0.4) is 0 Å². The molecular weight excluding hydrogens is 420 g/mol. The van der Waals surface area contributed by atoms with Crippen LogP contribution in [0.4, 0.5) is 13.2 Å². The average Bonchev–Trinajstić information content (AvgIpc) is 3.11. The zero-order chi connectivity index (χ0) is 20.5. The molecule has 0 fully saturated rings. The minimum atomic E-state index is -4.76. The van der Waals surface area contributed by atoms with E-state index in [9.17, 15) is 13.2 Å². The van der Waals surface area contributed by atoms with Gasteiger partial charge >= 0.3 is 12.1 Å². The number of nitrogens with one attached hydrogen (secondary N) is 1. The summed E-state index contributed by atoms with van der Waals surface area (Å²) in [5.74, 6) is -1.57. The number of halogens is 5. The van der Waals surface area contributed by atoms with E-state index >= 15 is 0 Å². The number of alkyl halides is 3. The Morgan fingerprint density at radius 3 is 2.79 bits per heavy atom. The molecule has 5 N–H and O–H groups in total. The van der Waals surface area contributed by atoms with Crippen LogP contribution in [0, 0.1) is 0 Å². The first-order valence-electron chi connectivity index (χ1n) is 7.96. The van der Waals surface area contributed by atoms with E-state index < -0.39 is 12.1 Å². The molecule has 150 valence electrons. The van der Waals surface area contributed by atoms with E-state index in [-0.39, 0.29) is 11.5 Å². The molecule has 0 radical (unpaired) electrons. The van der Waals surface area contributed by atoms with Gasteiger partial charge in [0.2, 0.25) is 5.82 Å². The van der Waals surface area contributed by atoms with Crippen LogP contribution in [0.2, 0.25) is 10.0 Å². The summed E-state index contributed by atoms with van der Waals surface area (Å²) >= 11 is 12.2. The quantitative estimate of drug-likeness (QED) is 0.678. The van der Waals surface area contributed by atoms with Crippen LogP contribution in [0.15, 0.2) is 40.3 Å². The van der Waals surface area contributed by atoms with Crippen molar-refractivity contribution in [2.75, 3.05) is 13.1 Å². The van der Waals surface area contributed by atoms with Crippen molar-refractivity contribution in [3.8, 4) is 0 Å². The lowest BCUT2D eigenvalue weighted by Gasteiger charge is -2.32. The van der Waals surface area contributed by atoms with Gasteiger partial charge in [-0.1, -0.05) is 28.4 Å². The van der Waals surface area contributed by atoms with Crippen molar-refractivity contribution in [3.05, 3.63) is 63.1 Å². The Bertz CT molecular complexity index is 941. The van der Waals surface area contributed by atoms with Gasteiger partial charge in [0.15, 0.2) is 0 Å². The normalized spacial score (nSPS) is 15.8. The van der Waals surface area contributed by atoms with Crippen molar-refractivity contribution in [3.63, 3.8) is 0 Å². The van der Waals surface area contributed by atoms with Crippen molar-refractivity contribution in [2.45, 2.75) is 12.7 Å². The predicted octanol–water partition coefficient (Wildman–Crippen LogP) is 2.93. The van der Waals surface area contributed by atoms with Gasteiger partial charge < -0.3 is 26.2 Å². The minimum absolute atomic E-state index is 0.136. The second-order valence-corrected chi connectivity index (χ2v) is 6.75. The van der Waals surface area contributed by atoms with Crippen molar-refractivity contribution in [1.29, 1.82) is 0 Å². The molecule has 3 rings (SSSR count). The first-order chi connectivity index (χ1) is 13.1. The molecule has 0 spiro atoms. The third-order valence-electron chi connectivity index (χ3n) is 3.90. The Hall–Kier alpha value is -2.59. The highest BCUT2D eigenvalue weighted by Gasteiger charge is 2.38. The molecule has 0 unspecified atom stereocenters. The fourth-order valence-corrected chi connectivity index (χ4v) is 2.95. The van der Waals surface area contributed by atoms with Gasteiger partial charge in [0, 0.05) is 29.7 Å². The number of benzene rings is 1. The molecule has 0 atom stereocenters. The van der Waals surface area contributed by atoms with Crippen LogP contribution in [0.1, 0.15) is 17.3 Å². The maximum atomic E-state index is 12.6. The largest absolute Gasteiger partial charge is 0.471 e. The fourth-order valence-electron chi connectivity index (χ4n) is 2.58. The molecule has 2 aromatic rings. The van der Waals surface area contributed by atoms with Crippen molar-refractivity contribution >= 4 is 28.9 Å². The van der Waals surface area contributed by atoms with Gasteiger partial charge in [0.05, 0.1) is 11.4 Å². The molecule has 1 aromatic carbocycles. The van der Waals surface area contributed by atoms with Crippen LogP contribution in [0.5, 0.6) is 0 Å². The van der Waals surface area contributed by atoms with Gasteiger partial charge in [-0.2, -0.15) is 18.2 Å². The molecule has 1 aliphatic heterocycles. The minimum Gasteiger partial charge on any atom is -0.396 e. The van der Waals surface area contributed by atoms with Crippen LogP contribution >= 0.6 is 23.2 Å². The molecule has 0 amide bonds. The Balaban J connectivity index is 1.89. The Labute approximate surface area is 167 Å². The maximum Gasteiger partial charge on any atom is 0.471 e. The van der Waals surface area contributed by atoms with Crippen LogP contribution in [-0.4, -0.2) is 28.1 Å². The van der Waals surface area contributed by atoms with Gasteiger partial charge in [-0.15, -0.1) is 0 Å². The molecule has 0 saturated carbocycles. The fraction of sp³-hybridized carbons (Fsp3) is 0.250. The summed E-state index contributed by atoms with van der Waals surface area (Å²) in [5, 5.41) is 7.28. The summed E-state index contributed by atoms with van der Waals surface area (Å²) < 4.78 is 42.1. The summed E-state index contributed by atoms with van der Waals surface area (Å²) in [6.07, 6.45) is -3.38. The van der Waals surface area contributed by atoms with E-state index in [4.69, 9.17) is 34.7 Å². The summed E-state index contributed by atoms with van der Waals surface area (Å²) in [4.78, 5) is 5.13.